The molecule has 0 aromatic heterocycles. The minimum absolute atomic E-state index is 0.0255. The van der Waals surface area contributed by atoms with Crippen molar-refractivity contribution in [2.24, 2.45) is 0 Å². The molecule has 0 aliphatic heterocycles. The molecular formula is C46H85NO8P+. The standard InChI is InChI=1S/C46H84NO8P/c1-6-8-10-12-14-16-18-20-22-23-25-27-29-31-33-35-37-39-46(49)55-44(43-54-56(50,51)53-41-40-47(3,4)5)42-52-45(48)38-36-34-32-30-28-26-24-21-19-17-15-13-11-9-7-2/h13-16,20,22,25,27,44H,6-12,17-19,21,23-24,26,28-43H2,1-5H3/p+1/b15-13+,16-14+,22-20+,27-25+/t44-/m1/s1. The monoisotopic (exact) mass is 811 g/mol. The summed E-state index contributed by atoms with van der Waals surface area (Å²) in [5.41, 5.74) is 0. The van der Waals surface area contributed by atoms with Crippen molar-refractivity contribution in [3.05, 3.63) is 48.6 Å². The number of likely N-dealkylation sites (N-methyl/N-ethyl adjacent to an activating group) is 1. The molecule has 326 valence electrons. The number of allylic oxidation sites excluding steroid dienone is 8. The van der Waals surface area contributed by atoms with Gasteiger partial charge in [0.25, 0.3) is 0 Å². The van der Waals surface area contributed by atoms with Gasteiger partial charge in [0.2, 0.25) is 0 Å². The fourth-order valence-electron chi connectivity index (χ4n) is 5.77. The topological polar surface area (TPSA) is 108 Å². The highest BCUT2D eigenvalue weighted by atomic mass is 31.2. The lowest BCUT2D eigenvalue weighted by Gasteiger charge is -2.24. The van der Waals surface area contributed by atoms with Crippen LogP contribution in [0.4, 0.5) is 0 Å². The van der Waals surface area contributed by atoms with Crippen LogP contribution in [0.25, 0.3) is 0 Å². The molecule has 0 aromatic rings. The van der Waals surface area contributed by atoms with Crippen LogP contribution in [0.15, 0.2) is 48.6 Å². The molecule has 0 saturated carbocycles. The maximum atomic E-state index is 12.7. The van der Waals surface area contributed by atoms with E-state index in [-0.39, 0.29) is 32.0 Å². The molecule has 0 saturated heterocycles. The molecule has 0 spiro atoms. The van der Waals surface area contributed by atoms with E-state index in [0.29, 0.717) is 17.4 Å². The van der Waals surface area contributed by atoms with Crippen molar-refractivity contribution in [1.82, 2.24) is 0 Å². The molecule has 9 nitrogen and oxygen atoms in total. The Bertz CT molecular complexity index is 1100. The summed E-state index contributed by atoms with van der Waals surface area (Å²) in [4.78, 5) is 35.4. The van der Waals surface area contributed by atoms with E-state index in [9.17, 15) is 19.0 Å². The van der Waals surface area contributed by atoms with Gasteiger partial charge in [0.05, 0.1) is 27.7 Å². The Labute approximate surface area is 343 Å². The summed E-state index contributed by atoms with van der Waals surface area (Å²) >= 11 is 0. The first-order valence-corrected chi connectivity index (χ1v) is 23.9. The number of rotatable bonds is 40. The number of nitrogens with zero attached hydrogens (tertiary/aromatic N) is 1. The smallest absolute Gasteiger partial charge is 0.462 e. The van der Waals surface area contributed by atoms with Crippen molar-refractivity contribution < 1.29 is 42.1 Å². The molecule has 0 rings (SSSR count). The number of quaternary nitrogens is 1. The van der Waals surface area contributed by atoms with E-state index in [4.69, 9.17) is 18.5 Å². The molecule has 56 heavy (non-hydrogen) atoms. The quantitative estimate of drug-likeness (QED) is 0.0214. The van der Waals surface area contributed by atoms with Crippen molar-refractivity contribution >= 4 is 19.8 Å². The fraction of sp³-hybridized carbons (Fsp3) is 0.783. The zero-order valence-electron chi connectivity index (χ0n) is 36.6. The van der Waals surface area contributed by atoms with Crippen LogP contribution in [-0.2, 0) is 32.7 Å². The number of phosphoric acid groups is 1. The van der Waals surface area contributed by atoms with Gasteiger partial charge in [-0.1, -0.05) is 146 Å². The third-order valence-corrected chi connectivity index (χ3v) is 10.3. The van der Waals surface area contributed by atoms with Crippen molar-refractivity contribution in [3.63, 3.8) is 0 Å². The van der Waals surface area contributed by atoms with Gasteiger partial charge in [0, 0.05) is 12.8 Å². The van der Waals surface area contributed by atoms with Crippen molar-refractivity contribution in [1.29, 1.82) is 0 Å². The maximum Gasteiger partial charge on any atom is 0.472 e. The van der Waals surface area contributed by atoms with Gasteiger partial charge in [-0.3, -0.25) is 18.6 Å². The molecule has 0 amide bonds. The van der Waals surface area contributed by atoms with E-state index < -0.39 is 26.5 Å². The van der Waals surface area contributed by atoms with Gasteiger partial charge in [0.1, 0.15) is 19.8 Å². The zero-order valence-corrected chi connectivity index (χ0v) is 37.5. The first-order chi connectivity index (χ1) is 27.0. The molecule has 2 atom stereocenters. The van der Waals surface area contributed by atoms with Crippen LogP contribution in [0.2, 0.25) is 0 Å². The molecule has 0 bridgehead atoms. The molecule has 10 heteroatoms. The SMILES string of the molecule is CCCC/C=C/CCCCCCCCCCCC(=O)OC[C@H](COP(=O)(O)OCC[N+](C)(C)C)OC(=O)CCCCCC/C=C/C/C=C/C/C=C/CCCCC. The van der Waals surface area contributed by atoms with Crippen LogP contribution in [0.5, 0.6) is 0 Å². The van der Waals surface area contributed by atoms with E-state index in [1.165, 1.54) is 89.9 Å². The second-order valence-electron chi connectivity index (χ2n) is 16.1. The zero-order chi connectivity index (χ0) is 41.4. The van der Waals surface area contributed by atoms with E-state index in [2.05, 4.69) is 62.5 Å². The minimum Gasteiger partial charge on any atom is -0.462 e. The molecular weight excluding hydrogens is 725 g/mol. The van der Waals surface area contributed by atoms with E-state index in [1.54, 1.807) is 0 Å². The highest BCUT2D eigenvalue weighted by molar-refractivity contribution is 7.47. The Hall–Kier alpha value is -2.03. The van der Waals surface area contributed by atoms with E-state index in [1.807, 2.05) is 21.1 Å². The molecule has 0 aromatic carbocycles. The minimum atomic E-state index is -4.38. The lowest BCUT2D eigenvalue weighted by molar-refractivity contribution is -0.870. The summed E-state index contributed by atoms with van der Waals surface area (Å²) in [6, 6.07) is 0. The van der Waals surface area contributed by atoms with Crippen LogP contribution < -0.4 is 0 Å². The number of esters is 2. The third kappa shape index (κ3) is 41.6. The summed E-state index contributed by atoms with van der Waals surface area (Å²) in [6.07, 6.45) is 44.4. The lowest BCUT2D eigenvalue weighted by atomic mass is 10.1. The van der Waals surface area contributed by atoms with Gasteiger partial charge in [0.15, 0.2) is 6.10 Å². The van der Waals surface area contributed by atoms with Gasteiger partial charge < -0.3 is 18.9 Å². The summed E-state index contributed by atoms with van der Waals surface area (Å²) < 4.78 is 34.3. The Balaban J connectivity index is 4.40. The van der Waals surface area contributed by atoms with Gasteiger partial charge in [-0.25, -0.2) is 4.57 Å². The van der Waals surface area contributed by atoms with Crippen molar-refractivity contribution in [3.8, 4) is 0 Å². The third-order valence-electron chi connectivity index (χ3n) is 9.33. The van der Waals surface area contributed by atoms with E-state index >= 15 is 0 Å². The number of unbranched alkanes of at least 4 members (excludes halogenated alkanes) is 18. The van der Waals surface area contributed by atoms with Gasteiger partial charge >= 0.3 is 19.8 Å². The summed E-state index contributed by atoms with van der Waals surface area (Å²) in [5.74, 6) is -0.827. The number of carbonyl (C=O) groups excluding carboxylic acids is 2. The second-order valence-corrected chi connectivity index (χ2v) is 17.5. The lowest BCUT2D eigenvalue weighted by Crippen LogP contribution is -2.37. The van der Waals surface area contributed by atoms with Crippen LogP contribution in [-0.4, -0.2) is 74.9 Å². The summed E-state index contributed by atoms with van der Waals surface area (Å²) in [5, 5.41) is 0. The fourth-order valence-corrected chi connectivity index (χ4v) is 6.51. The Kier molecular flexibility index (Phi) is 37.1. The highest BCUT2D eigenvalue weighted by Crippen LogP contribution is 2.43. The van der Waals surface area contributed by atoms with Crippen LogP contribution >= 0.6 is 7.82 Å². The van der Waals surface area contributed by atoms with Crippen molar-refractivity contribution in [2.75, 3.05) is 47.5 Å². The van der Waals surface area contributed by atoms with Gasteiger partial charge in [-0.15, -0.1) is 0 Å². The Morgan fingerprint density at radius 2 is 0.982 bits per heavy atom. The second kappa shape index (κ2) is 38.5. The molecule has 0 heterocycles. The number of ether oxygens (including phenoxy) is 2. The van der Waals surface area contributed by atoms with Gasteiger partial charge in [-0.2, -0.15) is 0 Å². The molecule has 0 aliphatic rings. The molecule has 1 unspecified atom stereocenters. The Morgan fingerprint density at radius 3 is 1.50 bits per heavy atom. The number of hydrogen-bond acceptors (Lipinski definition) is 7. The molecule has 1 N–H and O–H groups in total. The highest BCUT2D eigenvalue weighted by Gasteiger charge is 2.27. The molecule has 0 aliphatic carbocycles. The average Bonchev–Trinajstić information content (AvgIpc) is 3.15. The van der Waals surface area contributed by atoms with Gasteiger partial charge in [-0.05, 0) is 70.6 Å². The predicted molar refractivity (Wildman–Crippen MR) is 233 cm³/mol. The summed E-state index contributed by atoms with van der Waals surface area (Å²) in [7, 11) is 1.46. The number of phosphoric ester groups is 1. The largest absolute Gasteiger partial charge is 0.472 e. The van der Waals surface area contributed by atoms with Crippen LogP contribution in [0.1, 0.15) is 181 Å². The number of carbonyl (C=O) groups is 2. The van der Waals surface area contributed by atoms with E-state index in [0.717, 1.165) is 57.8 Å². The van der Waals surface area contributed by atoms with Crippen LogP contribution in [0.3, 0.4) is 0 Å². The van der Waals surface area contributed by atoms with Crippen LogP contribution in [0, 0.1) is 0 Å². The summed E-state index contributed by atoms with van der Waals surface area (Å²) in [6.45, 7) is 4.33. The number of hydrogen-bond donors (Lipinski definition) is 1. The van der Waals surface area contributed by atoms with Crippen molar-refractivity contribution in [2.45, 2.75) is 187 Å². The first-order valence-electron chi connectivity index (χ1n) is 22.4. The molecule has 0 radical (unpaired) electrons. The predicted octanol–water partition coefficient (Wildman–Crippen LogP) is 12.7. The average molecular weight is 811 g/mol. The maximum absolute atomic E-state index is 12.7. The Morgan fingerprint density at radius 1 is 0.554 bits per heavy atom. The molecule has 0 fully saturated rings. The first kappa shape index (κ1) is 54.0. The normalized spacial score (nSPS) is 14.0.